The van der Waals surface area contributed by atoms with E-state index in [1.54, 1.807) is 24.0 Å². The Morgan fingerprint density at radius 1 is 1.24 bits per heavy atom. The zero-order valence-electron chi connectivity index (χ0n) is 20.2. The lowest BCUT2D eigenvalue weighted by Crippen LogP contribution is -2.33. The van der Waals surface area contributed by atoms with Crippen molar-refractivity contribution in [2.24, 2.45) is 7.05 Å². The Hall–Kier alpha value is -1.92. The molecule has 0 spiro atoms. The van der Waals surface area contributed by atoms with E-state index in [1.807, 2.05) is 13.8 Å². The number of unbranched alkanes of at least 4 members (excludes halogenated alkanes) is 6. The van der Waals surface area contributed by atoms with Crippen molar-refractivity contribution in [3.8, 4) is 11.8 Å². The summed E-state index contributed by atoms with van der Waals surface area (Å²) in [5.74, 6) is 5.44. The number of hydrogen-bond donors (Lipinski definition) is 2. The fourth-order valence-electron chi connectivity index (χ4n) is 4.30. The Morgan fingerprint density at radius 3 is 2.70 bits per heavy atom. The van der Waals surface area contributed by atoms with Crippen LogP contribution in [0.5, 0.6) is 0 Å². The standard InChI is InChI=1S/C25H39N3O5/c1-25(2)31-18-23(33-25)22-14-13-21(32-22)20(29)12-10-8-6-4-5-7-9-11-16-26-24(30)19-15-17-27-28(19)3/h15,17,20-23,29H,4-9,11,13-14,16,18H2,1-3H3,(H,26,30)/t20-,21-,22-,23-/m1/s1. The largest absolute Gasteiger partial charge is 0.378 e. The second kappa shape index (κ2) is 12.5. The quantitative estimate of drug-likeness (QED) is 0.389. The lowest BCUT2D eigenvalue weighted by Gasteiger charge is -2.21. The molecule has 0 aromatic carbocycles. The van der Waals surface area contributed by atoms with Crippen molar-refractivity contribution in [3.63, 3.8) is 0 Å². The van der Waals surface area contributed by atoms with E-state index in [0.29, 0.717) is 18.8 Å². The van der Waals surface area contributed by atoms with E-state index >= 15 is 0 Å². The molecule has 0 saturated carbocycles. The molecule has 0 radical (unpaired) electrons. The minimum Gasteiger partial charge on any atom is -0.378 e. The van der Waals surface area contributed by atoms with E-state index in [9.17, 15) is 9.90 Å². The number of aliphatic hydroxyl groups excluding tert-OH is 1. The van der Waals surface area contributed by atoms with Crippen molar-refractivity contribution in [2.45, 2.75) is 102 Å². The number of hydrogen-bond acceptors (Lipinski definition) is 6. The molecule has 33 heavy (non-hydrogen) atoms. The van der Waals surface area contributed by atoms with E-state index in [-0.39, 0.29) is 24.2 Å². The van der Waals surface area contributed by atoms with E-state index in [2.05, 4.69) is 22.3 Å². The van der Waals surface area contributed by atoms with Gasteiger partial charge in [-0.25, -0.2) is 0 Å². The summed E-state index contributed by atoms with van der Waals surface area (Å²) < 4.78 is 19.1. The average Bonchev–Trinajstić information content (AvgIpc) is 3.51. The summed E-state index contributed by atoms with van der Waals surface area (Å²) >= 11 is 0. The zero-order valence-corrected chi connectivity index (χ0v) is 20.2. The first-order valence-electron chi connectivity index (χ1n) is 12.3. The molecule has 2 aliphatic rings. The smallest absolute Gasteiger partial charge is 0.269 e. The number of rotatable bonds is 11. The topological polar surface area (TPSA) is 94.8 Å². The van der Waals surface area contributed by atoms with Crippen LogP contribution in [0.15, 0.2) is 12.3 Å². The third-order valence-corrected chi connectivity index (χ3v) is 6.20. The summed E-state index contributed by atoms with van der Waals surface area (Å²) in [4.78, 5) is 12.0. The van der Waals surface area contributed by atoms with Gasteiger partial charge in [0.1, 0.15) is 17.9 Å². The van der Waals surface area contributed by atoms with Gasteiger partial charge in [-0.2, -0.15) is 5.10 Å². The Kier molecular flexibility index (Phi) is 9.75. The van der Waals surface area contributed by atoms with Gasteiger partial charge in [0.05, 0.1) is 18.8 Å². The van der Waals surface area contributed by atoms with Crippen molar-refractivity contribution in [3.05, 3.63) is 18.0 Å². The number of aliphatic hydroxyl groups is 1. The first-order chi connectivity index (χ1) is 15.9. The normalized spacial score (nSPS) is 24.9. The monoisotopic (exact) mass is 461 g/mol. The van der Waals surface area contributed by atoms with Crippen LogP contribution in [0.4, 0.5) is 0 Å². The fraction of sp³-hybridized carbons (Fsp3) is 0.760. The highest BCUT2D eigenvalue weighted by Gasteiger charge is 2.42. The number of carbonyl (C=O) groups is 1. The van der Waals surface area contributed by atoms with Crippen molar-refractivity contribution in [1.82, 2.24) is 15.1 Å². The maximum Gasteiger partial charge on any atom is 0.269 e. The second-order valence-electron chi connectivity index (χ2n) is 9.39. The molecule has 2 N–H and O–H groups in total. The van der Waals surface area contributed by atoms with Gasteiger partial charge in [-0.15, -0.1) is 5.92 Å². The molecule has 4 atom stereocenters. The molecule has 2 saturated heterocycles. The fourth-order valence-corrected chi connectivity index (χ4v) is 4.30. The summed E-state index contributed by atoms with van der Waals surface area (Å²) in [5, 5.41) is 17.3. The minimum atomic E-state index is -0.744. The van der Waals surface area contributed by atoms with Crippen LogP contribution < -0.4 is 5.32 Å². The molecule has 2 aliphatic heterocycles. The Morgan fingerprint density at radius 2 is 2.00 bits per heavy atom. The van der Waals surface area contributed by atoms with Crippen LogP contribution in [0.2, 0.25) is 0 Å². The third-order valence-electron chi connectivity index (χ3n) is 6.20. The molecule has 2 fully saturated rings. The van der Waals surface area contributed by atoms with Crippen molar-refractivity contribution in [1.29, 1.82) is 0 Å². The van der Waals surface area contributed by atoms with Gasteiger partial charge in [-0.05, 0) is 45.6 Å². The predicted octanol–water partition coefficient (Wildman–Crippen LogP) is 2.94. The van der Waals surface area contributed by atoms with E-state index in [1.165, 1.54) is 0 Å². The number of aromatic nitrogens is 2. The number of aryl methyl sites for hydroxylation is 1. The van der Waals surface area contributed by atoms with Crippen LogP contribution in [0.3, 0.4) is 0 Å². The molecule has 8 heteroatoms. The highest BCUT2D eigenvalue weighted by atomic mass is 16.7. The van der Waals surface area contributed by atoms with Gasteiger partial charge in [0.15, 0.2) is 5.79 Å². The molecule has 1 amide bonds. The molecule has 184 valence electrons. The number of amides is 1. The molecule has 3 rings (SSSR count). The van der Waals surface area contributed by atoms with Crippen LogP contribution in [0.25, 0.3) is 0 Å². The SMILES string of the molecule is Cn1nccc1C(=O)NCCCCCCCCC#C[C@@H](O)[C@H]1CC[C@H]([C@H]2COC(C)(C)O2)O1. The number of nitrogens with zero attached hydrogens (tertiary/aromatic N) is 2. The van der Waals surface area contributed by atoms with E-state index in [0.717, 1.165) is 57.8 Å². The first kappa shape index (κ1) is 25.7. The summed E-state index contributed by atoms with van der Waals surface area (Å²) in [6.45, 7) is 5.04. The minimum absolute atomic E-state index is 0.0308. The Balaban J connectivity index is 1.17. The molecular formula is C25H39N3O5. The maximum atomic E-state index is 12.0. The van der Waals surface area contributed by atoms with Gasteiger partial charge in [0.2, 0.25) is 0 Å². The summed E-state index contributed by atoms with van der Waals surface area (Å²) in [5.41, 5.74) is 0.585. The van der Waals surface area contributed by atoms with Crippen molar-refractivity contribution >= 4 is 5.91 Å². The predicted molar refractivity (Wildman–Crippen MR) is 124 cm³/mol. The van der Waals surface area contributed by atoms with E-state index in [4.69, 9.17) is 14.2 Å². The third kappa shape index (κ3) is 8.11. The molecule has 1 aromatic heterocycles. The van der Waals surface area contributed by atoms with Crippen LogP contribution in [0, 0.1) is 11.8 Å². The summed E-state index contributed by atoms with van der Waals surface area (Å²) in [6, 6.07) is 1.72. The summed E-state index contributed by atoms with van der Waals surface area (Å²) in [7, 11) is 1.76. The average molecular weight is 462 g/mol. The number of nitrogens with one attached hydrogen (secondary N) is 1. The molecule has 8 nitrogen and oxygen atoms in total. The van der Waals surface area contributed by atoms with Crippen LogP contribution in [0.1, 0.15) is 82.1 Å². The molecule has 0 unspecified atom stereocenters. The highest BCUT2D eigenvalue weighted by Crippen LogP contribution is 2.32. The number of ether oxygens (including phenoxy) is 3. The van der Waals surface area contributed by atoms with Crippen LogP contribution in [-0.2, 0) is 21.3 Å². The van der Waals surface area contributed by atoms with Gasteiger partial charge in [-0.3, -0.25) is 9.48 Å². The lowest BCUT2D eigenvalue weighted by atomic mass is 10.1. The van der Waals surface area contributed by atoms with Gasteiger partial charge >= 0.3 is 0 Å². The highest BCUT2D eigenvalue weighted by molar-refractivity contribution is 5.92. The molecule has 3 heterocycles. The maximum absolute atomic E-state index is 12.0. The lowest BCUT2D eigenvalue weighted by molar-refractivity contribution is -0.157. The molecular weight excluding hydrogens is 422 g/mol. The van der Waals surface area contributed by atoms with Crippen LogP contribution in [-0.4, -0.2) is 64.1 Å². The van der Waals surface area contributed by atoms with Gasteiger partial charge in [-0.1, -0.05) is 31.6 Å². The van der Waals surface area contributed by atoms with Gasteiger partial charge < -0.3 is 24.6 Å². The molecule has 0 bridgehead atoms. The van der Waals surface area contributed by atoms with Gasteiger partial charge in [0, 0.05) is 26.2 Å². The zero-order chi connectivity index (χ0) is 23.7. The van der Waals surface area contributed by atoms with E-state index < -0.39 is 11.9 Å². The van der Waals surface area contributed by atoms with Crippen molar-refractivity contribution < 1.29 is 24.1 Å². The molecule has 1 aromatic rings. The van der Waals surface area contributed by atoms with Gasteiger partial charge in [0.25, 0.3) is 5.91 Å². The Labute approximate surface area is 197 Å². The van der Waals surface area contributed by atoms with Crippen LogP contribution >= 0.6 is 0 Å². The molecule has 0 aliphatic carbocycles. The van der Waals surface area contributed by atoms with Crippen molar-refractivity contribution in [2.75, 3.05) is 13.2 Å². The summed E-state index contributed by atoms with van der Waals surface area (Å²) in [6.07, 6.45) is 9.55. The second-order valence-corrected chi connectivity index (χ2v) is 9.39. The first-order valence-corrected chi connectivity index (χ1v) is 12.3. The Bertz CT molecular complexity index is 812. The number of carbonyl (C=O) groups excluding carboxylic acids is 1.